The molecule has 2 aromatic rings. The minimum Gasteiger partial charge on any atom is -0.329 e. The summed E-state index contributed by atoms with van der Waals surface area (Å²) >= 11 is 5.89. The summed E-state index contributed by atoms with van der Waals surface area (Å²) in [4.78, 5) is 0. The molecule has 15 heavy (non-hydrogen) atoms. The lowest BCUT2D eigenvalue weighted by molar-refractivity contribution is 0.598. The zero-order valence-corrected chi connectivity index (χ0v) is 8.85. The molecule has 0 saturated heterocycles. The van der Waals surface area contributed by atoms with E-state index in [0.29, 0.717) is 18.1 Å². The number of halogens is 1. The van der Waals surface area contributed by atoms with Gasteiger partial charge in [0.25, 0.3) is 0 Å². The predicted molar refractivity (Wildman–Crippen MR) is 59.5 cm³/mol. The summed E-state index contributed by atoms with van der Waals surface area (Å²) in [5.41, 5.74) is 7.20. The molecule has 0 radical (unpaired) electrons. The van der Waals surface area contributed by atoms with Crippen LogP contribution in [-0.2, 0) is 6.54 Å². The van der Waals surface area contributed by atoms with Crippen LogP contribution in [0.4, 0.5) is 0 Å². The summed E-state index contributed by atoms with van der Waals surface area (Å²) in [6.45, 7) is 1.23. The number of rotatable bonds is 3. The lowest BCUT2D eigenvalue weighted by Gasteiger charge is -1.96. The Labute approximate surface area is 92.7 Å². The lowest BCUT2D eigenvalue weighted by Crippen LogP contribution is -2.10. The number of nitrogens with two attached hydrogens (primary N) is 1. The van der Waals surface area contributed by atoms with E-state index in [-0.39, 0.29) is 0 Å². The van der Waals surface area contributed by atoms with Crippen molar-refractivity contribution in [3.63, 3.8) is 0 Å². The Morgan fingerprint density at radius 3 is 3.00 bits per heavy atom. The fourth-order valence-electron chi connectivity index (χ4n) is 1.32. The molecule has 4 nitrogen and oxygen atoms in total. The normalized spacial score (nSPS) is 10.5. The van der Waals surface area contributed by atoms with E-state index < -0.39 is 0 Å². The number of nitrogens with zero attached hydrogens (tertiary/aromatic N) is 3. The van der Waals surface area contributed by atoms with Gasteiger partial charge in [-0.25, -0.2) is 0 Å². The monoisotopic (exact) mass is 222 g/mol. The summed E-state index contributed by atoms with van der Waals surface area (Å²) in [5.74, 6) is 0. The van der Waals surface area contributed by atoms with E-state index in [9.17, 15) is 0 Å². The molecule has 0 bridgehead atoms. The second kappa shape index (κ2) is 4.42. The first-order chi connectivity index (χ1) is 7.29. The molecule has 1 aromatic heterocycles. The van der Waals surface area contributed by atoms with Gasteiger partial charge >= 0.3 is 0 Å². The van der Waals surface area contributed by atoms with Gasteiger partial charge in [0.15, 0.2) is 0 Å². The zero-order valence-electron chi connectivity index (χ0n) is 8.10. The maximum Gasteiger partial charge on any atom is 0.113 e. The van der Waals surface area contributed by atoms with Crippen LogP contribution in [0.1, 0.15) is 0 Å². The lowest BCUT2D eigenvalue weighted by atomic mass is 10.2. The minimum absolute atomic E-state index is 0.554. The third-order valence-corrected chi connectivity index (χ3v) is 2.25. The highest BCUT2D eigenvalue weighted by atomic mass is 35.5. The molecule has 5 heteroatoms. The van der Waals surface area contributed by atoms with Gasteiger partial charge < -0.3 is 5.73 Å². The third-order valence-electron chi connectivity index (χ3n) is 2.02. The van der Waals surface area contributed by atoms with Gasteiger partial charge in [0.2, 0.25) is 0 Å². The van der Waals surface area contributed by atoms with Crippen LogP contribution in [0.2, 0.25) is 5.02 Å². The first kappa shape index (κ1) is 10.1. The van der Waals surface area contributed by atoms with Crippen molar-refractivity contribution in [3.8, 4) is 11.3 Å². The molecule has 0 atom stereocenters. The highest BCUT2D eigenvalue weighted by molar-refractivity contribution is 6.30. The standard InChI is InChI=1S/C10H11ClN4/c11-9-3-1-2-8(6-9)10-7-15(5-4-12)14-13-10/h1-3,6-7H,4-5,12H2. The Morgan fingerprint density at radius 1 is 1.40 bits per heavy atom. The van der Waals surface area contributed by atoms with Crippen LogP contribution in [0.15, 0.2) is 30.5 Å². The Balaban J connectivity index is 2.29. The van der Waals surface area contributed by atoms with Gasteiger partial charge in [-0.3, -0.25) is 4.68 Å². The van der Waals surface area contributed by atoms with E-state index in [1.54, 1.807) is 4.68 Å². The first-order valence-corrected chi connectivity index (χ1v) is 5.03. The highest BCUT2D eigenvalue weighted by Gasteiger charge is 2.03. The van der Waals surface area contributed by atoms with Crippen molar-refractivity contribution in [2.45, 2.75) is 6.54 Å². The molecule has 1 aromatic carbocycles. The van der Waals surface area contributed by atoms with Crippen LogP contribution in [0.25, 0.3) is 11.3 Å². The molecule has 0 aliphatic rings. The summed E-state index contributed by atoms with van der Waals surface area (Å²) in [6.07, 6.45) is 1.86. The maximum atomic E-state index is 5.89. The SMILES string of the molecule is NCCn1cc(-c2cccc(Cl)c2)nn1. The van der Waals surface area contributed by atoms with E-state index >= 15 is 0 Å². The molecule has 0 unspecified atom stereocenters. The Bertz CT molecular complexity index is 452. The second-order valence-electron chi connectivity index (χ2n) is 3.17. The van der Waals surface area contributed by atoms with Crippen LogP contribution < -0.4 is 5.73 Å². The van der Waals surface area contributed by atoms with Crippen molar-refractivity contribution in [3.05, 3.63) is 35.5 Å². The summed E-state index contributed by atoms with van der Waals surface area (Å²) in [5, 5.41) is 8.70. The fraction of sp³-hybridized carbons (Fsp3) is 0.200. The fourth-order valence-corrected chi connectivity index (χ4v) is 1.51. The highest BCUT2D eigenvalue weighted by Crippen LogP contribution is 2.19. The Hall–Kier alpha value is -1.39. The van der Waals surface area contributed by atoms with E-state index in [1.807, 2.05) is 30.5 Å². The molecule has 0 amide bonds. The van der Waals surface area contributed by atoms with Gasteiger partial charge in [-0.1, -0.05) is 28.9 Å². The molecular weight excluding hydrogens is 212 g/mol. The second-order valence-corrected chi connectivity index (χ2v) is 3.60. The number of aromatic nitrogens is 3. The van der Waals surface area contributed by atoms with Gasteiger partial charge in [0, 0.05) is 17.1 Å². The van der Waals surface area contributed by atoms with Gasteiger partial charge in [0.1, 0.15) is 5.69 Å². The van der Waals surface area contributed by atoms with Gasteiger partial charge in [-0.05, 0) is 12.1 Å². The smallest absolute Gasteiger partial charge is 0.113 e. The van der Waals surface area contributed by atoms with Crippen molar-refractivity contribution in [2.75, 3.05) is 6.54 Å². The van der Waals surface area contributed by atoms with Gasteiger partial charge in [-0.2, -0.15) is 0 Å². The van der Waals surface area contributed by atoms with Crippen LogP contribution >= 0.6 is 11.6 Å². The molecule has 0 aliphatic carbocycles. The summed E-state index contributed by atoms with van der Waals surface area (Å²) in [6, 6.07) is 7.52. The van der Waals surface area contributed by atoms with Crippen molar-refractivity contribution in [1.29, 1.82) is 0 Å². The quantitative estimate of drug-likeness (QED) is 0.858. The first-order valence-electron chi connectivity index (χ1n) is 4.66. The van der Waals surface area contributed by atoms with Crippen molar-refractivity contribution in [2.24, 2.45) is 5.73 Å². The number of benzene rings is 1. The summed E-state index contributed by atoms with van der Waals surface area (Å²) in [7, 11) is 0. The Kier molecular flexibility index (Phi) is 2.99. The van der Waals surface area contributed by atoms with E-state index in [2.05, 4.69) is 10.3 Å². The average molecular weight is 223 g/mol. The minimum atomic E-state index is 0.554. The Morgan fingerprint density at radius 2 is 2.27 bits per heavy atom. The molecule has 1 heterocycles. The van der Waals surface area contributed by atoms with Crippen molar-refractivity contribution < 1.29 is 0 Å². The van der Waals surface area contributed by atoms with Gasteiger partial charge in [-0.15, -0.1) is 5.10 Å². The van der Waals surface area contributed by atoms with Crippen LogP contribution in [0, 0.1) is 0 Å². The predicted octanol–water partition coefficient (Wildman–Crippen LogP) is 1.56. The molecule has 0 saturated carbocycles. The average Bonchev–Trinajstić information content (AvgIpc) is 2.67. The molecule has 0 aliphatic heterocycles. The number of hydrogen-bond acceptors (Lipinski definition) is 3. The van der Waals surface area contributed by atoms with E-state index in [0.717, 1.165) is 11.3 Å². The summed E-state index contributed by atoms with van der Waals surface area (Å²) < 4.78 is 1.72. The van der Waals surface area contributed by atoms with Crippen molar-refractivity contribution >= 4 is 11.6 Å². The van der Waals surface area contributed by atoms with Crippen LogP contribution in [0.3, 0.4) is 0 Å². The molecule has 0 spiro atoms. The molecule has 2 rings (SSSR count). The van der Waals surface area contributed by atoms with Crippen LogP contribution in [-0.4, -0.2) is 21.5 Å². The zero-order chi connectivity index (χ0) is 10.7. The van der Waals surface area contributed by atoms with E-state index in [4.69, 9.17) is 17.3 Å². The third kappa shape index (κ3) is 2.34. The largest absolute Gasteiger partial charge is 0.329 e. The molecule has 0 fully saturated rings. The van der Waals surface area contributed by atoms with Crippen molar-refractivity contribution in [1.82, 2.24) is 15.0 Å². The van der Waals surface area contributed by atoms with Crippen LogP contribution in [0.5, 0.6) is 0 Å². The molecule has 78 valence electrons. The van der Waals surface area contributed by atoms with Gasteiger partial charge in [0.05, 0.1) is 12.7 Å². The maximum absolute atomic E-state index is 5.89. The molecule has 2 N–H and O–H groups in total. The number of hydrogen-bond donors (Lipinski definition) is 1. The van der Waals surface area contributed by atoms with E-state index in [1.165, 1.54) is 0 Å². The molecular formula is C10H11ClN4. The topological polar surface area (TPSA) is 56.7 Å².